The Morgan fingerprint density at radius 2 is 2.27 bits per heavy atom. The van der Waals surface area contributed by atoms with Crippen LogP contribution in [0.15, 0.2) is 5.51 Å². The van der Waals surface area contributed by atoms with Crippen molar-refractivity contribution in [1.82, 2.24) is 15.2 Å². The molecule has 2 aliphatic rings. The Labute approximate surface area is 134 Å². The summed E-state index contributed by atoms with van der Waals surface area (Å²) < 4.78 is 11.0. The zero-order chi connectivity index (χ0) is 15.4. The van der Waals surface area contributed by atoms with Crippen molar-refractivity contribution in [2.24, 2.45) is 5.92 Å². The summed E-state index contributed by atoms with van der Waals surface area (Å²) in [5.74, 6) is 0.470. The molecule has 3 heterocycles. The topological polar surface area (TPSA) is 63.7 Å². The molecule has 7 heteroatoms. The molecule has 1 aromatic heterocycles. The Kier molecular flexibility index (Phi) is 5.41. The Bertz CT molecular complexity index is 496. The second-order valence-corrected chi connectivity index (χ2v) is 6.67. The molecule has 0 aliphatic carbocycles. The van der Waals surface area contributed by atoms with Crippen molar-refractivity contribution >= 4 is 17.2 Å². The van der Waals surface area contributed by atoms with Gasteiger partial charge in [-0.05, 0) is 13.3 Å². The van der Waals surface area contributed by atoms with Gasteiger partial charge < -0.3 is 14.8 Å². The van der Waals surface area contributed by atoms with Crippen LogP contribution in [0.1, 0.15) is 21.8 Å². The van der Waals surface area contributed by atoms with E-state index in [-0.39, 0.29) is 5.91 Å². The van der Waals surface area contributed by atoms with E-state index in [9.17, 15) is 4.79 Å². The van der Waals surface area contributed by atoms with Crippen LogP contribution in [0.4, 0.5) is 0 Å². The van der Waals surface area contributed by atoms with E-state index < -0.39 is 0 Å². The lowest BCUT2D eigenvalue weighted by Gasteiger charge is -2.37. The summed E-state index contributed by atoms with van der Waals surface area (Å²) in [5, 5.41) is 3.09. The van der Waals surface area contributed by atoms with Gasteiger partial charge in [0.05, 0.1) is 31.0 Å². The summed E-state index contributed by atoms with van der Waals surface area (Å²) in [6.07, 6.45) is 1.07. The molecule has 1 N–H and O–H groups in total. The average molecular weight is 325 g/mol. The molecule has 22 heavy (non-hydrogen) atoms. The van der Waals surface area contributed by atoms with Crippen molar-refractivity contribution in [2.45, 2.75) is 19.4 Å². The second-order valence-electron chi connectivity index (χ2n) is 5.82. The molecule has 2 fully saturated rings. The van der Waals surface area contributed by atoms with Gasteiger partial charge in [0.2, 0.25) is 0 Å². The lowest BCUT2D eigenvalue weighted by atomic mass is 9.97. The molecular weight excluding hydrogens is 302 g/mol. The van der Waals surface area contributed by atoms with E-state index in [1.54, 1.807) is 5.51 Å². The number of rotatable bonds is 5. The third-order valence-corrected chi connectivity index (χ3v) is 5.37. The predicted molar refractivity (Wildman–Crippen MR) is 84.3 cm³/mol. The van der Waals surface area contributed by atoms with Gasteiger partial charge in [0.25, 0.3) is 5.91 Å². The molecule has 0 saturated carbocycles. The van der Waals surface area contributed by atoms with E-state index in [0.717, 1.165) is 51.6 Å². The number of hydrogen-bond donors (Lipinski definition) is 1. The SMILES string of the molecule is Cc1ncsc1C(=O)NC[C@H]([C@H]1CCOC1)N1CCOCC1. The van der Waals surface area contributed by atoms with Crippen LogP contribution in [-0.4, -0.2) is 67.9 Å². The van der Waals surface area contributed by atoms with Crippen molar-refractivity contribution in [3.8, 4) is 0 Å². The number of carbonyl (C=O) groups is 1. The molecule has 122 valence electrons. The van der Waals surface area contributed by atoms with Gasteiger partial charge in [-0.2, -0.15) is 0 Å². The molecule has 1 aromatic rings. The van der Waals surface area contributed by atoms with Crippen LogP contribution in [0.5, 0.6) is 0 Å². The third-order valence-electron chi connectivity index (χ3n) is 4.45. The highest BCUT2D eigenvalue weighted by Crippen LogP contribution is 2.22. The molecular formula is C15H23N3O3S. The summed E-state index contributed by atoms with van der Waals surface area (Å²) >= 11 is 1.40. The number of nitrogens with zero attached hydrogens (tertiary/aromatic N) is 2. The molecule has 0 radical (unpaired) electrons. The summed E-state index contributed by atoms with van der Waals surface area (Å²) in [6, 6.07) is 0.323. The van der Waals surface area contributed by atoms with Gasteiger partial charge in [-0.3, -0.25) is 9.69 Å². The highest BCUT2D eigenvalue weighted by Gasteiger charge is 2.32. The Morgan fingerprint density at radius 3 is 2.91 bits per heavy atom. The van der Waals surface area contributed by atoms with Gasteiger partial charge in [-0.25, -0.2) is 4.98 Å². The van der Waals surface area contributed by atoms with E-state index >= 15 is 0 Å². The first-order valence-electron chi connectivity index (χ1n) is 7.83. The molecule has 6 nitrogen and oxygen atoms in total. The summed E-state index contributed by atoms with van der Waals surface area (Å²) in [4.78, 5) is 19.6. The van der Waals surface area contributed by atoms with Crippen molar-refractivity contribution in [3.63, 3.8) is 0 Å². The van der Waals surface area contributed by atoms with E-state index in [0.29, 0.717) is 23.4 Å². The highest BCUT2D eigenvalue weighted by molar-refractivity contribution is 7.11. The second kappa shape index (κ2) is 7.50. The molecule has 0 aromatic carbocycles. The van der Waals surface area contributed by atoms with Crippen LogP contribution in [0.3, 0.4) is 0 Å². The molecule has 0 bridgehead atoms. The van der Waals surface area contributed by atoms with Crippen LogP contribution >= 0.6 is 11.3 Å². The molecule has 1 amide bonds. The number of amides is 1. The van der Waals surface area contributed by atoms with Crippen molar-refractivity contribution in [2.75, 3.05) is 46.1 Å². The third kappa shape index (κ3) is 3.65. The Balaban J connectivity index is 1.62. The first-order chi connectivity index (χ1) is 10.8. The van der Waals surface area contributed by atoms with Gasteiger partial charge in [0, 0.05) is 38.2 Å². The maximum atomic E-state index is 12.3. The molecule has 3 rings (SSSR count). The van der Waals surface area contributed by atoms with Crippen LogP contribution in [0.25, 0.3) is 0 Å². The summed E-state index contributed by atoms with van der Waals surface area (Å²) in [5.41, 5.74) is 2.52. The number of aryl methyl sites for hydroxylation is 1. The quantitative estimate of drug-likeness (QED) is 0.872. The van der Waals surface area contributed by atoms with Gasteiger partial charge in [0.15, 0.2) is 0 Å². The van der Waals surface area contributed by atoms with Crippen LogP contribution in [0.2, 0.25) is 0 Å². The molecule has 0 spiro atoms. The lowest BCUT2D eigenvalue weighted by Crippen LogP contribution is -2.52. The smallest absolute Gasteiger partial charge is 0.263 e. The number of carbonyl (C=O) groups excluding carboxylic acids is 1. The minimum absolute atomic E-state index is 0.0165. The van der Waals surface area contributed by atoms with Gasteiger partial charge in [-0.1, -0.05) is 0 Å². The minimum atomic E-state index is -0.0165. The van der Waals surface area contributed by atoms with Crippen LogP contribution < -0.4 is 5.32 Å². The van der Waals surface area contributed by atoms with E-state index in [4.69, 9.17) is 9.47 Å². The lowest BCUT2D eigenvalue weighted by molar-refractivity contribution is 0.00167. The summed E-state index contributed by atoms with van der Waals surface area (Å²) in [7, 11) is 0. The van der Waals surface area contributed by atoms with E-state index in [2.05, 4.69) is 15.2 Å². The number of morpholine rings is 1. The van der Waals surface area contributed by atoms with Crippen molar-refractivity contribution in [1.29, 1.82) is 0 Å². The average Bonchev–Trinajstić information content (AvgIpc) is 3.20. The normalized spacial score (nSPS) is 24.3. The molecule has 2 saturated heterocycles. The van der Waals surface area contributed by atoms with Crippen LogP contribution in [-0.2, 0) is 9.47 Å². The monoisotopic (exact) mass is 325 g/mol. The van der Waals surface area contributed by atoms with Gasteiger partial charge in [0.1, 0.15) is 4.88 Å². The number of hydrogen-bond acceptors (Lipinski definition) is 6. The Hall–Kier alpha value is -1.02. The van der Waals surface area contributed by atoms with Gasteiger partial charge >= 0.3 is 0 Å². The first kappa shape index (κ1) is 15.9. The number of ether oxygens (including phenoxy) is 2. The fraction of sp³-hybridized carbons (Fsp3) is 0.733. The van der Waals surface area contributed by atoms with E-state index in [1.807, 2.05) is 6.92 Å². The van der Waals surface area contributed by atoms with Gasteiger partial charge in [-0.15, -0.1) is 11.3 Å². The number of nitrogens with one attached hydrogen (secondary N) is 1. The highest BCUT2D eigenvalue weighted by atomic mass is 32.1. The molecule has 2 aliphatic heterocycles. The zero-order valence-electron chi connectivity index (χ0n) is 12.9. The maximum absolute atomic E-state index is 12.3. The fourth-order valence-corrected chi connectivity index (χ4v) is 3.88. The zero-order valence-corrected chi connectivity index (χ0v) is 13.7. The van der Waals surface area contributed by atoms with Crippen LogP contribution in [0, 0.1) is 12.8 Å². The first-order valence-corrected chi connectivity index (χ1v) is 8.71. The minimum Gasteiger partial charge on any atom is -0.381 e. The maximum Gasteiger partial charge on any atom is 0.263 e. The fourth-order valence-electron chi connectivity index (χ4n) is 3.16. The predicted octanol–water partition coefficient (Wildman–Crippen LogP) is 0.919. The molecule has 0 unspecified atom stereocenters. The molecule has 2 atom stereocenters. The van der Waals surface area contributed by atoms with E-state index in [1.165, 1.54) is 11.3 Å². The van der Waals surface area contributed by atoms with Crippen molar-refractivity contribution in [3.05, 3.63) is 16.1 Å². The largest absolute Gasteiger partial charge is 0.381 e. The summed E-state index contributed by atoms with van der Waals surface area (Å²) in [6.45, 7) is 7.54. The number of aromatic nitrogens is 1. The van der Waals surface area contributed by atoms with Crippen molar-refractivity contribution < 1.29 is 14.3 Å². The Morgan fingerprint density at radius 1 is 1.45 bits per heavy atom. The standard InChI is InChI=1S/C15H23N3O3S/c1-11-14(22-10-17-11)15(19)16-8-13(12-2-5-21-9-12)18-3-6-20-7-4-18/h10,12-13H,2-9H2,1H3,(H,16,19)/t12-,13+/m0/s1. The number of thiazole rings is 1.